The number of rotatable bonds is 6. The molecule has 0 saturated heterocycles. The molecule has 1 aliphatic heterocycles. The lowest BCUT2D eigenvalue weighted by atomic mass is 10.0. The lowest BCUT2D eigenvalue weighted by Crippen LogP contribution is -2.47. The van der Waals surface area contributed by atoms with Gasteiger partial charge in [-0.2, -0.15) is 0 Å². The number of benzene rings is 1. The number of H-pyrrole nitrogens is 1. The molecule has 2 N–H and O–H groups in total. The first-order chi connectivity index (χ1) is 13.5. The van der Waals surface area contributed by atoms with Crippen LogP contribution in [0.4, 0.5) is 0 Å². The van der Waals surface area contributed by atoms with Crippen molar-refractivity contribution in [1.29, 1.82) is 0 Å². The Morgan fingerprint density at radius 1 is 1.32 bits per heavy atom. The second-order valence-electron chi connectivity index (χ2n) is 7.30. The van der Waals surface area contributed by atoms with E-state index in [-0.39, 0.29) is 11.8 Å². The highest BCUT2D eigenvalue weighted by molar-refractivity contribution is 5.89. The second-order valence-corrected chi connectivity index (χ2v) is 7.30. The monoisotopic (exact) mass is 380 g/mol. The highest BCUT2D eigenvalue weighted by atomic mass is 16.2. The predicted octanol–water partition coefficient (Wildman–Crippen LogP) is 1.41. The number of carbonyl (C=O) groups is 2. The molecule has 2 aromatic heterocycles. The van der Waals surface area contributed by atoms with Crippen molar-refractivity contribution in [3.8, 4) is 0 Å². The van der Waals surface area contributed by atoms with E-state index < -0.39 is 6.04 Å². The van der Waals surface area contributed by atoms with E-state index in [0.29, 0.717) is 13.0 Å². The Balaban J connectivity index is 1.52. The summed E-state index contributed by atoms with van der Waals surface area (Å²) in [5.74, 6) is 1.40. The maximum Gasteiger partial charge on any atom is 0.245 e. The summed E-state index contributed by atoms with van der Waals surface area (Å²) in [6, 6.07) is 7.30. The molecule has 1 aliphatic rings. The number of likely N-dealkylation sites (N-methyl/N-ethyl adjacent to an activating group) is 1. The SMILES string of the molecule is CC(=O)N[C@@H](Cc1c[nH]c2ccccc12)C(=O)N(C)Cc1nnc2n1CCC2. The van der Waals surface area contributed by atoms with Crippen molar-refractivity contribution in [2.45, 2.75) is 45.3 Å². The van der Waals surface area contributed by atoms with Gasteiger partial charge in [0.25, 0.3) is 0 Å². The number of aromatic amines is 1. The van der Waals surface area contributed by atoms with Crippen molar-refractivity contribution in [3.05, 3.63) is 47.7 Å². The number of aromatic nitrogens is 4. The van der Waals surface area contributed by atoms with E-state index >= 15 is 0 Å². The molecular formula is C20H24N6O2. The van der Waals surface area contributed by atoms with E-state index in [4.69, 9.17) is 0 Å². The molecule has 3 heterocycles. The van der Waals surface area contributed by atoms with Gasteiger partial charge in [-0.1, -0.05) is 18.2 Å². The summed E-state index contributed by atoms with van der Waals surface area (Å²) in [6.45, 7) is 2.70. The van der Waals surface area contributed by atoms with Crippen LogP contribution < -0.4 is 5.32 Å². The van der Waals surface area contributed by atoms with Gasteiger partial charge in [0, 0.05) is 50.5 Å². The fourth-order valence-electron chi connectivity index (χ4n) is 3.85. The van der Waals surface area contributed by atoms with Gasteiger partial charge in [-0.15, -0.1) is 10.2 Å². The number of aryl methyl sites for hydroxylation is 1. The summed E-state index contributed by atoms with van der Waals surface area (Å²) in [5, 5.41) is 12.3. The van der Waals surface area contributed by atoms with Crippen molar-refractivity contribution in [3.63, 3.8) is 0 Å². The van der Waals surface area contributed by atoms with Gasteiger partial charge in [-0.25, -0.2) is 0 Å². The topological polar surface area (TPSA) is 95.9 Å². The van der Waals surface area contributed by atoms with Gasteiger partial charge in [0.05, 0.1) is 6.54 Å². The number of amides is 2. The highest BCUT2D eigenvalue weighted by Gasteiger charge is 2.26. The standard InChI is InChI=1S/C20H24N6O2/c1-13(27)22-17(10-14-11-21-16-7-4-3-6-15(14)16)20(28)25(2)12-19-24-23-18-8-5-9-26(18)19/h3-4,6-7,11,17,21H,5,8-10,12H2,1-2H3,(H,22,27)/t17-/m0/s1. The van der Waals surface area contributed by atoms with Crippen LogP contribution in [0, 0.1) is 0 Å². The summed E-state index contributed by atoms with van der Waals surface area (Å²) in [4.78, 5) is 29.7. The van der Waals surface area contributed by atoms with Crippen molar-refractivity contribution >= 4 is 22.7 Å². The van der Waals surface area contributed by atoms with Crippen LogP contribution in [0.5, 0.6) is 0 Å². The zero-order valence-corrected chi connectivity index (χ0v) is 16.1. The minimum absolute atomic E-state index is 0.143. The molecule has 4 rings (SSSR count). The lowest BCUT2D eigenvalue weighted by molar-refractivity contribution is -0.135. The summed E-state index contributed by atoms with van der Waals surface area (Å²) >= 11 is 0. The number of fused-ring (bicyclic) bond motifs is 2. The van der Waals surface area contributed by atoms with Crippen molar-refractivity contribution in [2.75, 3.05) is 7.05 Å². The van der Waals surface area contributed by atoms with Crippen LogP contribution in [-0.2, 0) is 35.5 Å². The molecule has 2 amide bonds. The average Bonchev–Trinajstić information content (AvgIpc) is 3.38. The number of hydrogen-bond donors (Lipinski definition) is 2. The van der Waals surface area contributed by atoms with E-state index in [1.807, 2.05) is 30.5 Å². The van der Waals surface area contributed by atoms with Crippen molar-refractivity contribution in [1.82, 2.24) is 30.0 Å². The van der Waals surface area contributed by atoms with Gasteiger partial charge in [-0.05, 0) is 18.1 Å². The first-order valence-electron chi connectivity index (χ1n) is 9.51. The van der Waals surface area contributed by atoms with Gasteiger partial charge < -0.3 is 19.8 Å². The predicted molar refractivity (Wildman–Crippen MR) is 104 cm³/mol. The zero-order chi connectivity index (χ0) is 19.7. The van der Waals surface area contributed by atoms with Crippen LogP contribution >= 0.6 is 0 Å². The van der Waals surface area contributed by atoms with E-state index in [2.05, 4.69) is 25.1 Å². The van der Waals surface area contributed by atoms with E-state index in [9.17, 15) is 9.59 Å². The Bertz CT molecular complexity index is 1020. The molecular weight excluding hydrogens is 356 g/mol. The molecule has 0 radical (unpaired) electrons. The fraction of sp³-hybridized carbons (Fsp3) is 0.400. The molecule has 0 unspecified atom stereocenters. The van der Waals surface area contributed by atoms with Crippen molar-refractivity contribution < 1.29 is 9.59 Å². The van der Waals surface area contributed by atoms with E-state index in [1.54, 1.807) is 11.9 Å². The Kier molecular flexibility index (Phi) is 4.85. The molecule has 8 nitrogen and oxygen atoms in total. The molecule has 0 aliphatic carbocycles. The first kappa shape index (κ1) is 18.2. The van der Waals surface area contributed by atoms with Gasteiger partial charge in [0.2, 0.25) is 11.8 Å². The Labute approximate surface area is 162 Å². The molecule has 0 spiro atoms. The maximum atomic E-state index is 13.1. The summed E-state index contributed by atoms with van der Waals surface area (Å²) < 4.78 is 2.08. The summed E-state index contributed by atoms with van der Waals surface area (Å²) in [6.07, 6.45) is 4.31. The molecule has 1 aromatic carbocycles. The van der Waals surface area contributed by atoms with Crippen LogP contribution in [0.1, 0.15) is 30.6 Å². The summed E-state index contributed by atoms with van der Waals surface area (Å²) in [5.41, 5.74) is 2.01. The number of nitrogens with zero attached hydrogens (tertiary/aromatic N) is 4. The van der Waals surface area contributed by atoms with Crippen LogP contribution in [0.3, 0.4) is 0 Å². The number of carbonyl (C=O) groups excluding carboxylic acids is 2. The first-order valence-corrected chi connectivity index (χ1v) is 9.51. The minimum atomic E-state index is -0.636. The van der Waals surface area contributed by atoms with Gasteiger partial charge in [0.15, 0.2) is 5.82 Å². The Morgan fingerprint density at radius 3 is 2.96 bits per heavy atom. The third kappa shape index (κ3) is 3.49. The molecule has 0 fully saturated rings. The lowest BCUT2D eigenvalue weighted by Gasteiger charge is -2.24. The van der Waals surface area contributed by atoms with Crippen LogP contribution in [0.25, 0.3) is 10.9 Å². The smallest absolute Gasteiger partial charge is 0.245 e. The third-order valence-corrected chi connectivity index (χ3v) is 5.22. The second kappa shape index (κ2) is 7.46. The molecule has 146 valence electrons. The zero-order valence-electron chi connectivity index (χ0n) is 16.1. The van der Waals surface area contributed by atoms with Gasteiger partial charge in [0.1, 0.15) is 11.9 Å². The Morgan fingerprint density at radius 2 is 2.14 bits per heavy atom. The number of para-hydroxylation sites is 1. The summed E-state index contributed by atoms with van der Waals surface area (Å²) in [7, 11) is 1.74. The highest BCUT2D eigenvalue weighted by Crippen LogP contribution is 2.20. The molecule has 3 aromatic rings. The molecule has 0 bridgehead atoms. The molecule has 8 heteroatoms. The maximum absolute atomic E-state index is 13.1. The fourth-order valence-corrected chi connectivity index (χ4v) is 3.85. The van der Waals surface area contributed by atoms with Crippen LogP contribution in [-0.4, -0.2) is 49.6 Å². The van der Waals surface area contributed by atoms with Crippen LogP contribution in [0.15, 0.2) is 30.5 Å². The van der Waals surface area contributed by atoms with Gasteiger partial charge >= 0.3 is 0 Å². The quantitative estimate of drug-likeness (QED) is 0.676. The van der Waals surface area contributed by atoms with Gasteiger partial charge in [-0.3, -0.25) is 9.59 Å². The average molecular weight is 380 g/mol. The van der Waals surface area contributed by atoms with Crippen LogP contribution in [0.2, 0.25) is 0 Å². The van der Waals surface area contributed by atoms with E-state index in [1.165, 1.54) is 6.92 Å². The molecule has 1 atom stereocenters. The third-order valence-electron chi connectivity index (χ3n) is 5.22. The Hall–Kier alpha value is -3.16. The number of nitrogens with one attached hydrogen (secondary N) is 2. The minimum Gasteiger partial charge on any atom is -0.361 e. The number of hydrogen-bond acceptors (Lipinski definition) is 4. The largest absolute Gasteiger partial charge is 0.361 e. The molecule has 28 heavy (non-hydrogen) atoms. The van der Waals surface area contributed by atoms with Crippen molar-refractivity contribution in [2.24, 2.45) is 0 Å². The molecule has 0 saturated carbocycles. The van der Waals surface area contributed by atoms with E-state index in [0.717, 1.165) is 47.5 Å². The normalized spacial score (nSPS) is 14.1.